The number of hydrogen-bond donors (Lipinski definition) is 1. The second-order valence-corrected chi connectivity index (χ2v) is 7.33. The number of quaternary nitrogens is 1. The van der Waals surface area contributed by atoms with E-state index in [-0.39, 0.29) is 6.79 Å². The summed E-state index contributed by atoms with van der Waals surface area (Å²) in [6.45, 7) is 3.50. The molecule has 0 saturated carbocycles. The van der Waals surface area contributed by atoms with Crippen molar-refractivity contribution in [3.05, 3.63) is 65.7 Å². The third-order valence-electron chi connectivity index (χ3n) is 4.99. The molecule has 0 radical (unpaired) electrons. The Bertz CT molecular complexity index is 1170. The number of benzene rings is 2. The van der Waals surface area contributed by atoms with Crippen LogP contribution < -0.4 is 14.4 Å². The van der Waals surface area contributed by atoms with E-state index in [0.29, 0.717) is 29.8 Å². The number of nitrogens with zero attached hydrogens (tertiary/aromatic N) is 3. The van der Waals surface area contributed by atoms with Crippen molar-refractivity contribution in [1.82, 2.24) is 15.4 Å². The van der Waals surface area contributed by atoms with Crippen molar-refractivity contribution in [2.24, 2.45) is 0 Å². The molecular weight excluding hydrogens is 384 g/mol. The zero-order valence-corrected chi connectivity index (χ0v) is 16.7. The van der Waals surface area contributed by atoms with Gasteiger partial charge in [-0.2, -0.15) is 0 Å². The van der Waals surface area contributed by atoms with Crippen LogP contribution in [0.2, 0.25) is 0 Å². The van der Waals surface area contributed by atoms with Crippen molar-refractivity contribution < 1.29 is 23.3 Å². The summed E-state index contributed by atoms with van der Waals surface area (Å²) < 4.78 is 22.2. The summed E-state index contributed by atoms with van der Waals surface area (Å²) in [5.41, 5.74) is 3.52. The van der Waals surface area contributed by atoms with Gasteiger partial charge in [-0.3, -0.25) is 0 Å². The molecule has 0 amide bonds. The maximum absolute atomic E-state index is 5.97. The van der Waals surface area contributed by atoms with Gasteiger partial charge in [-0.05, 0) is 25.1 Å². The van der Waals surface area contributed by atoms with Gasteiger partial charge >= 0.3 is 0 Å². The van der Waals surface area contributed by atoms with Gasteiger partial charge in [-0.1, -0.05) is 35.5 Å². The summed E-state index contributed by atoms with van der Waals surface area (Å²) in [4.78, 5) is 1.20. The molecule has 2 aromatic carbocycles. The van der Waals surface area contributed by atoms with Gasteiger partial charge in [0.25, 0.3) is 11.8 Å². The van der Waals surface area contributed by atoms with Crippen LogP contribution in [0.4, 0.5) is 0 Å². The number of fused-ring (bicyclic) bond motifs is 1. The molecule has 1 aliphatic rings. The minimum atomic E-state index is 0.277. The fraction of sp³-hybridized carbons (Fsp3) is 0.227. The first-order chi connectivity index (χ1) is 14.7. The van der Waals surface area contributed by atoms with Crippen LogP contribution in [0.1, 0.15) is 17.2 Å². The van der Waals surface area contributed by atoms with Gasteiger partial charge in [0.15, 0.2) is 18.0 Å². The van der Waals surface area contributed by atoms with Gasteiger partial charge in [-0.25, -0.2) is 0 Å². The first kappa shape index (κ1) is 18.4. The van der Waals surface area contributed by atoms with Gasteiger partial charge in [0, 0.05) is 11.1 Å². The molecule has 2 aromatic heterocycles. The van der Waals surface area contributed by atoms with Crippen molar-refractivity contribution in [2.45, 2.75) is 20.0 Å². The molecule has 152 valence electrons. The van der Waals surface area contributed by atoms with Gasteiger partial charge < -0.3 is 23.3 Å². The van der Waals surface area contributed by atoms with Gasteiger partial charge in [-0.15, -0.1) is 10.2 Å². The first-order valence-corrected chi connectivity index (χ1v) is 9.71. The smallest absolute Gasteiger partial charge is 0.271 e. The van der Waals surface area contributed by atoms with Crippen molar-refractivity contribution in [2.75, 3.05) is 13.8 Å². The molecule has 1 aliphatic heterocycles. The molecule has 30 heavy (non-hydrogen) atoms. The number of ether oxygens (including phenoxy) is 2. The Morgan fingerprint density at radius 2 is 1.80 bits per heavy atom. The van der Waals surface area contributed by atoms with Crippen LogP contribution >= 0.6 is 0 Å². The van der Waals surface area contributed by atoms with Crippen molar-refractivity contribution in [1.29, 1.82) is 0 Å². The molecule has 8 heteroatoms. The maximum atomic E-state index is 5.97. The van der Waals surface area contributed by atoms with E-state index < -0.39 is 0 Å². The predicted molar refractivity (Wildman–Crippen MR) is 107 cm³/mol. The van der Waals surface area contributed by atoms with Crippen molar-refractivity contribution in [3.8, 4) is 34.2 Å². The largest absolute Gasteiger partial charge is 0.454 e. The molecule has 1 unspecified atom stereocenters. The Kier molecular flexibility index (Phi) is 4.68. The molecule has 0 saturated heterocycles. The van der Waals surface area contributed by atoms with Crippen LogP contribution in [-0.2, 0) is 13.1 Å². The lowest BCUT2D eigenvalue weighted by molar-refractivity contribution is -0.909. The second kappa shape index (κ2) is 7.64. The Balaban J connectivity index is 1.32. The molecule has 0 spiro atoms. The number of aryl methyl sites for hydroxylation is 1. The number of hydrogen-bond acceptors (Lipinski definition) is 7. The second-order valence-electron chi connectivity index (χ2n) is 7.33. The van der Waals surface area contributed by atoms with Crippen molar-refractivity contribution in [3.63, 3.8) is 0 Å². The molecule has 0 aliphatic carbocycles. The van der Waals surface area contributed by atoms with E-state index >= 15 is 0 Å². The van der Waals surface area contributed by atoms with Crippen LogP contribution in [-0.4, -0.2) is 29.2 Å². The summed E-state index contributed by atoms with van der Waals surface area (Å²) in [7, 11) is 2.08. The third kappa shape index (κ3) is 3.53. The zero-order chi connectivity index (χ0) is 20.5. The topological polar surface area (TPSA) is 87.9 Å². The molecule has 5 rings (SSSR count). The summed E-state index contributed by atoms with van der Waals surface area (Å²) in [5, 5.41) is 12.7. The summed E-state index contributed by atoms with van der Waals surface area (Å²) in [5.74, 6) is 3.19. The fourth-order valence-corrected chi connectivity index (χ4v) is 3.56. The average Bonchev–Trinajstić information content (AvgIpc) is 3.48. The van der Waals surface area contributed by atoms with E-state index in [1.165, 1.54) is 4.90 Å². The summed E-state index contributed by atoms with van der Waals surface area (Å²) in [6.07, 6.45) is 0. The van der Waals surface area contributed by atoms with Crippen LogP contribution in [0.15, 0.2) is 57.5 Å². The molecule has 0 fully saturated rings. The Morgan fingerprint density at radius 3 is 2.67 bits per heavy atom. The van der Waals surface area contributed by atoms with Crippen molar-refractivity contribution >= 4 is 0 Å². The Morgan fingerprint density at radius 1 is 0.967 bits per heavy atom. The first-order valence-electron chi connectivity index (χ1n) is 9.71. The standard InChI is InChI=1S/C22H20N4O4/c1-14-20(21(25-30-14)16-6-4-3-5-7-16)22-24-23-19(29-22)12-26(2)11-15-8-9-17-18(10-15)28-13-27-17/h3-10H,11-13H2,1-2H3/p+1. The summed E-state index contributed by atoms with van der Waals surface area (Å²) >= 11 is 0. The molecule has 1 N–H and O–H groups in total. The van der Waals surface area contributed by atoms with E-state index in [2.05, 4.69) is 22.4 Å². The van der Waals surface area contributed by atoms with E-state index in [9.17, 15) is 0 Å². The highest BCUT2D eigenvalue weighted by molar-refractivity contribution is 5.77. The quantitative estimate of drug-likeness (QED) is 0.528. The molecule has 8 nitrogen and oxygen atoms in total. The van der Waals surface area contributed by atoms with E-state index in [1.54, 1.807) is 0 Å². The predicted octanol–water partition coefficient (Wildman–Crippen LogP) is 2.64. The monoisotopic (exact) mass is 405 g/mol. The molecular formula is C22H21N4O4+. The molecule has 4 aromatic rings. The average molecular weight is 405 g/mol. The normalized spacial score (nSPS) is 13.5. The van der Waals surface area contributed by atoms with E-state index in [4.69, 9.17) is 18.4 Å². The van der Waals surface area contributed by atoms with Gasteiger partial charge in [0.2, 0.25) is 6.79 Å². The highest BCUT2D eigenvalue weighted by Gasteiger charge is 2.23. The minimum absolute atomic E-state index is 0.277. The fourth-order valence-electron chi connectivity index (χ4n) is 3.56. The zero-order valence-electron chi connectivity index (χ0n) is 16.7. The molecule has 3 heterocycles. The van der Waals surface area contributed by atoms with Crippen LogP contribution in [0.25, 0.3) is 22.7 Å². The molecule has 0 bridgehead atoms. The lowest BCUT2D eigenvalue weighted by atomic mass is 10.1. The van der Waals surface area contributed by atoms with E-state index in [0.717, 1.165) is 34.7 Å². The lowest BCUT2D eigenvalue weighted by Gasteiger charge is -2.12. The number of nitrogens with one attached hydrogen (secondary N) is 1. The lowest BCUT2D eigenvalue weighted by Crippen LogP contribution is -3.06. The van der Waals surface area contributed by atoms with Gasteiger partial charge in [0.05, 0.1) is 7.05 Å². The van der Waals surface area contributed by atoms with Crippen LogP contribution in [0, 0.1) is 6.92 Å². The number of aromatic nitrogens is 3. The van der Waals surface area contributed by atoms with E-state index in [1.807, 2.05) is 55.5 Å². The highest BCUT2D eigenvalue weighted by Crippen LogP contribution is 2.33. The van der Waals surface area contributed by atoms with Crippen LogP contribution in [0.5, 0.6) is 11.5 Å². The summed E-state index contributed by atoms with van der Waals surface area (Å²) in [6, 6.07) is 15.8. The third-order valence-corrected chi connectivity index (χ3v) is 4.99. The SMILES string of the molecule is Cc1onc(-c2ccccc2)c1-c1nnc(C[NH+](C)Cc2ccc3c(c2)OCO3)o1. The highest BCUT2D eigenvalue weighted by atomic mass is 16.7. The Hall–Kier alpha value is -3.65. The maximum Gasteiger partial charge on any atom is 0.271 e. The number of rotatable bonds is 6. The van der Waals surface area contributed by atoms with Crippen LogP contribution in [0.3, 0.4) is 0 Å². The Labute approximate surface area is 173 Å². The molecule has 1 atom stereocenters. The van der Waals surface area contributed by atoms with Gasteiger partial charge in [0.1, 0.15) is 23.6 Å². The minimum Gasteiger partial charge on any atom is -0.454 e.